The van der Waals surface area contributed by atoms with Gasteiger partial charge in [-0.25, -0.2) is 4.98 Å². The van der Waals surface area contributed by atoms with Gasteiger partial charge in [-0.05, 0) is 76.6 Å². The van der Waals surface area contributed by atoms with Gasteiger partial charge in [-0.3, -0.25) is 15.0 Å². The number of carbonyl (C=O) groups excluding carboxylic acids is 1. The second-order valence-electron chi connectivity index (χ2n) is 9.30. The molecule has 3 unspecified atom stereocenters. The largest absolute Gasteiger partial charge is 0.396 e. The van der Waals surface area contributed by atoms with Crippen LogP contribution in [0.4, 0.5) is 10.8 Å². The van der Waals surface area contributed by atoms with E-state index in [4.69, 9.17) is 11.6 Å². The molecule has 0 aliphatic carbocycles. The SMILES string of the molecule is Cc1cccc(Cl)c1NC(=O)c1cnc(NC2CC(C)NC(N3CCC(CCO)CC3)C2)s1. The van der Waals surface area contributed by atoms with Crippen molar-refractivity contribution in [2.75, 3.05) is 30.3 Å². The number of halogens is 1. The zero-order valence-electron chi connectivity index (χ0n) is 19.3. The molecule has 4 rings (SSSR count). The number of nitrogens with zero attached hydrogens (tertiary/aromatic N) is 2. The molecule has 0 bridgehead atoms. The monoisotopic (exact) mass is 491 g/mol. The van der Waals surface area contributed by atoms with Gasteiger partial charge in [0.15, 0.2) is 5.13 Å². The summed E-state index contributed by atoms with van der Waals surface area (Å²) in [6, 6.07) is 6.27. The number of hydrogen-bond donors (Lipinski definition) is 4. The second kappa shape index (κ2) is 11.1. The number of anilines is 2. The molecule has 2 aliphatic rings. The number of rotatable bonds is 7. The van der Waals surface area contributed by atoms with E-state index in [0.29, 0.717) is 46.4 Å². The molecular formula is C24H34ClN5O2S. The van der Waals surface area contributed by atoms with Crippen LogP contribution >= 0.6 is 22.9 Å². The molecule has 9 heteroatoms. The molecule has 2 fully saturated rings. The Morgan fingerprint density at radius 3 is 2.85 bits per heavy atom. The molecule has 2 saturated heterocycles. The van der Waals surface area contributed by atoms with Crippen molar-refractivity contribution >= 4 is 39.7 Å². The Bertz CT molecular complexity index is 926. The molecule has 180 valence electrons. The van der Waals surface area contributed by atoms with E-state index in [-0.39, 0.29) is 5.91 Å². The lowest BCUT2D eigenvalue weighted by atomic mass is 9.91. The van der Waals surface area contributed by atoms with Crippen LogP contribution < -0.4 is 16.0 Å². The minimum Gasteiger partial charge on any atom is -0.396 e. The van der Waals surface area contributed by atoms with Gasteiger partial charge in [0.05, 0.1) is 23.1 Å². The van der Waals surface area contributed by atoms with Gasteiger partial charge in [-0.15, -0.1) is 0 Å². The number of piperidine rings is 2. The topological polar surface area (TPSA) is 89.5 Å². The molecular weight excluding hydrogens is 458 g/mol. The van der Waals surface area contributed by atoms with Gasteiger partial charge >= 0.3 is 0 Å². The normalized spacial score (nSPS) is 24.5. The summed E-state index contributed by atoms with van der Waals surface area (Å²) in [6.07, 6.45) is 7.20. The van der Waals surface area contributed by atoms with Crippen LogP contribution in [0.15, 0.2) is 24.4 Å². The average molecular weight is 492 g/mol. The number of aliphatic hydroxyl groups is 1. The number of carbonyl (C=O) groups is 1. The van der Waals surface area contributed by atoms with E-state index in [1.54, 1.807) is 12.3 Å². The number of para-hydroxylation sites is 1. The lowest BCUT2D eigenvalue weighted by Crippen LogP contribution is -2.57. The van der Waals surface area contributed by atoms with Crippen LogP contribution in [-0.2, 0) is 0 Å². The highest BCUT2D eigenvalue weighted by Crippen LogP contribution is 2.29. The standard InChI is InChI=1S/C24H34ClN5O2S/c1-15-4-3-5-19(25)22(15)29-23(32)20-14-26-24(33-20)28-18-12-16(2)27-21(13-18)30-9-6-17(7-10-30)8-11-31/h3-5,14,16-18,21,27,31H,6-13H2,1-2H3,(H,26,28)(H,29,32). The molecule has 4 N–H and O–H groups in total. The minimum absolute atomic E-state index is 0.195. The maximum atomic E-state index is 12.7. The summed E-state index contributed by atoms with van der Waals surface area (Å²) >= 11 is 7.62. The van der Waals surface area contributed by atoms with Gasteiger partial charge in [0.25, 0.3) is 5.91 Å². The van der Waals surface area contributed by atoms with Crippen LogP contribution in [-0.4, -0.2) is 58.8 Å². The molecule has 0 spiro atoms. The molecule has 3 heterocycles. The third-order valence-electron chi connectivity index (χ3n) is 6.77. The predicted octanol–water partition coefficient (Wildman–Crippen LogP) is 4.33. The quantitative estimate of drug-likeness (QED) is 0.461. The summed E-state index contributed by atoms with van der Waals surface area (Å²) < 4.78 is 0. The van der Waals surface area contributed by atoms with Crippen molar-refractivity contribution in [2.24, 2.45) is 5.92 Å². The lowest BCUT2D eigenvalue weighted by molar-refractivity contribution is 0.0715. The molecule has 7 nitrogen and oxygen atoms in total. The molecule has 0 saturated carbocycles. The van der Waals surface area contributed by atoms with Crippen LogP contribution in [0.1, 0.15) is 54.3 Å². The van der Waals surface area contributed by atoms with Crippen molar-refractivity contribution in [1.82, 2.24) is 15.2 Å². The van der Waals surface area contributed by atoms with E-state index >= 15 is 0 Å². The Kier molecular flexibility index (Phi) is 8.24. The highest BCUT2D eigenvalue weighted by Gasteiger charge is 2.32. The van der Waals surface area contributed by atoms with Crippen LogP contribution in [0, 0.1) is 12.8 Å². The maximum Gasteiger partial charge on any atom is 0.267 e. The third-order valence-corrected chi connectivity index (χ3v) is 8.01. The number of amides is 1. The van der Waals surface area contributed by atoms with E-state index in [0.717, 1.165) is 55.9 Å². The molecule has 1 aromatic carbocycles. The van der Waals surface area contributed by atoms with Gasteiger partial charge in [-0.2, -0.15) is 0 Å². The van der Waals surface area contributed by atoms with E-state index in [9.17, 15) is 9.90 Å². The highest BCUT2D eigenvalue weighted by molar-refractivity contribution is 7.17. The summed E-state index contributed by atoms with van der Waals surface area (Å²) in [5.74, 6) is 0.453. The first-order valence-corrected chi connectivity index (χ1v) is 13.0. The summed E-state index contributed by atoms with van der Waals surface area (Å²) in [6.45, 7) is 6.59. The fraction of sp³-hybridized carbons (Fsp3) is 0.583. The Morgan fingerprint density at radius 1 is 1.33 bits per heavy atom. The number of hydrogen-bond acceptors (Lipinski definition) is 7. The molecule has 33 heavy (non-hydrogen) atoms. The smallest absolute Gasteiger partial charge is 0.267 e. The van der Waals surface area contributed by atoms with Crippen molar-refractivity contribution < 1.29 is 9.90 Å². The average Bonchev–Trinajstić information content (AvgIpc) is 3.25. The zero-order chi connectivity index (χ0) is 23.4. The number of nitrogens with one attached hydrogen (secondary N) is 3. The van der Waals surface area contributed by atoms with Crippen molar-refractivity contribution in [1.29, 1.82) is 0 Å². The maximum absolute atomic E-state index is 12.7. The number of benzene rings is 1. The van der Waals surface area contributed by atoms with Crippen molar-refractivity contribution in [2.45, 2.75) is 64.2 Å². The summed E-state index contributed by atoms with van der Waals surface area (Å²) in [4.78, 5) is 20.3. The molecule has 2 aliphatic heterocycles. The van der Waals surface area contributed by atoms with Crippen LogP contribution in [0.2, 0.25) is 5.02 Å². The number of aromatic nitrogens is 1. The lowest BCUT2D eigenvalue weighted by Gasteiger charge is -2.44. The van der Waals surface area contributed by atoms with E-state index in [1.165, 1.54) is 11.3 Å². The number of thiazole rings is 1. The Labute approximate surface area is 204 Å². The first-order valence-electron chi connectivity index (χ1n) is 11.8. The minimum atomic E-state index is -0.195. The molecule has 2 aromatic rings. The fourth-order valence-electron chi connectivity index (χ4n) is 4.95. The van der Waals surface area contributed by atoms with Crippen LogP contribution in [0.25, 0.3) is 0 Å². The van der Waals surface area contributed by atoms with Crippen LogP contribution in [0.5, 0.6) is 0 Å². The predicted molar refractivity (Wildman–Crippen MR) is 135 cm³/mol. The molecule has 1 amide bonds. The molecule has 0 radical (unpaired) electrons. The van der Waals surface area contributed by atoms with Crippen molar-refractivity contribution in [3.8, 4) is 0 Å². The zero-order valence-corrected chi connectivity index (χ0v) is 20.9. The van der Waals surface area contributed by atoms with Gasteiger partial charge < -0.3 is 15.7 Å². The van der Waals surface area contributed by atoms with E-state index in [1.807, 2.05) is 19.1 Å². The van der Waals surface area contributed by atoms with Gasteiger partial charge in [0, 0.05) is 18.7 Å². The van der Waals surface area contributed by atoms with Gasteiger partial charge in [0.2, 0.25) is 0 Å². The highest BCUT2D eigenvalue weighted by atomic mass is 35.5. The van der Waals surface area contributed by atoms with E-state index < -0.39 is 0 Å². The summed E-state index contributed by atoms with van der Waals surface area (Å²) in [5, 5.41) is 20.8. The number of aryl methyl sites for hydroxylation is 1. The van der Waals surface area contributed by atoms with Crippen molar-refractivity contribution in [3.05, 3.63) is 39.9 Å². The van der Waals surface area contributed by atoms with Crippen molar-refractivity contribution in [3.63, 3.8) is 0 Å². The first kappa shape index (κ1) is 24.4. The van der Waals surface area contributed by atoms with Gasteiger partial charge in [0.1, 0.15) is 4.88 Å². The van der Waals surface area contributed by atoms with Gasteiger partial charge in [-0.1, -0.05) is 35.1 Å². The Balaban J connectivity index is 1.34. The Morgan fingerprint density at radius 2 is 2.12 bits per heavy atom. The molecule has 3 atom stereocenters. The first-order chi connectivity index (χ1) is 15.9. The summed E-state index contributed by atoms with van der Waals surface area (Å²) in [5.41, 5.74) is 1.57. The molecule has 1 aromatic heterocycles. The Hall–Kier alpha value is -1.71. The summed E-state index contributed by atoms with van der Waals surface area (Å²) in [7, 11) is 0. The number of likely N-dealkylation sites (tertiary alicyclic amines) is 1. The number of aliphatic hydroxyl groups excluding tert-OH is 1. The van der Waals surface area contributed by atoms with E-state index in [2.05, 4.69) is 32.8 Å². The fourth-order valence-corrected chi connectivity index (χ4v) is 6.01. The second-order valence-corrected chi connectivity index (χ2v) is 10.7. The van der Waals surface area contributed by atoms with Crippen LogP contribution in [0.3, 0.4) is 0 Å². The third kappa shape index (κ3) is 6.25.